The number of nitrogens with one attached hydrogen (secondary N) is 2. The van der Waals surface area contributed by atoms with E-state index < -0.39 is 27.9 Å². The van der Waals surface area contributed by atoms with Crippen LogP contribution in [-0.2, 0) is 19.6 Å². The molecule has 2 N–H and O–H groups in total. The fourth-order valence-corrected chi connectivity index (χ4v) is 5.68. The summed E-state index contributed by atoms with van der Waals surface area (Å²) in [6.07, 6.45) is 1.31. The third kappa shape index (κ3) is 5.00. The van der Waals surface area contributed by atoms with Crippen LogP contribution in [0.4, 0.5) is 5.69 Å². The molecule has 1 aliphatic rings. The number of benzene rings is 2. The van der Waals surface area contributed by atoms with Gasteiger partial charge in [0.25, 0.3) is 0 Å². The van der Waals surface area contributed by atoms with Gasteiger partial charge in [0.05, 0.1) is 4.90 Å². The van der Waals surface area contributed by atoms with E-state index in [2.05, 4.69) is 10.6 Å². The molecule has 0 aromatic heterocycles. The Hall–Kier alpha value is -2.42. The normalized spacial score (nSPS) is 17.0. The van der Waals surface area contributed by atoms with Crippen LogP contribution in [0, 0.1) is 13.8 Å². The molecule has 1 saturated heterocycles. The first kappa shape index (κ1) is 22.3. The van der Waals surface area contributed by atoms with E-state index in [1.54, 1.807) is 37.3 Å². The van der Waals surface area contributed by atoms with Gasteiger partial charge in [-0.15, -0.1) is 0 Å². The SMILES string of the molecule is Cc1ccc(C)c(S(=O)(=O)N2CCCC2CNC(=O)C(=O)Nc2cccc(Cl)c2)c1. The summed E-state index contributed by atoms with van der Waals surface area (Å²) in [7, 11) is -3.70. The van der Waals surface area contributed by atoms with Crippen molar-refractivity contribution in [2.24, 2.45) is 0 Å². The molecule has 0 bridgehead atoms. The summed E-state index contributed by atoms with van der Waals surface area (Å²) in [6.45, 7) is 4.05. The zero-order chi connectivity index (χ0) is 21.9. The average molecular weight is 450 g/mol. The van der Waals surface area contributed by atoms with Crippen molar-refractivity contribution in [2.75, 3.05) is 18.4 Å². The summed E-state index contributed by atoms with van der Waals surface area (Å²) in [5, 5.41) is 5.46. The lowest BCUT2D eigenvalue weighted by atomic mass is 10.2. The predicted octanol–water partition coefficient (Wildman–Crippen LogP) is 2.86. The summed E-state index contributed by atoms with van der Waals surface area (Å²) in [6, 6.07) is 11.4. The van der Waals surface area contributed by atoms with Crippen LogP contribution >= 0.6 is 11.6 Å². The monoisotopic (exact) mass is 449 g/mol. The average Bonchev–Trinajstić information content (AvgIpc) is 3.17. The van der Waals surface area contributed by atoms with Crippen molar-refractivity contribution in [3.05, 3.63) is 58.6 Å². The van der Waals surface area contributed by atoms with Gasteiger partial charge in [0.2, 0.25) is 10.0 Å². The van der Waals surface area contributed by atoms with E-state index in [-0.39, 0.29) is 11.4 Å². The molecule has 160 valence electrons. The zero-order valence-corrected chi connectivity index (χ0v) is 18.4. The molecule has 2 aromatic carbocycles. The number of anilines is 1. The number of halogens is 1. The Kier molecular flexibility index (Phi) is 6.80. The molecule has 30 heavy (non-hydrogen) atoms. The highest BCUT2D eigenvalue weighted by Crippen LogP contribution is 2.28. The Bertz CT molecular complexity index is 1070. The fraction of sp³-hybridized carbons (Fsp3) is 0.333. The number of aryl methyl sites for hydroxylation is 2. The van der Waals surface area contributed by atoms with Crippen LogP contribution in [0.2, 0.25) is 5.02 Å². The van der Waals surface area contributed by atoms with Gasteiger partial charge in [-0.1, -0.05) is 29.8 Å². The first-order valence-electron chi connectivity index (χ1n) is 9.62. The van der Waals surface area contributed by atoms with E-state index in [1.807, 2.05) is 13.0 Å². The van der Waals surface area contributed by atoms with Crippen molar-refractivity contribution >= 4 is 39.1 Å². The number of nitrogens with zero attached hydrogens (tertiary/aromatic N) is 1. The Balaban J connectivity index is 1.65. The molecule has 9 heteroatoms. The minimum Gasteiger partial charge on any atom is -0.346 e. The Morgan fingerprint density at radius 1 is 1.13 bits per heavy atom. The molecule has 1 aliphatic heterocycles. The molecule has 1 atom stereocenters. The van der Waals surface area contributed by atoms with E-state index in [0.717, 1.165) is 5.56 Å². The molecule has 2 aromatic rings. The summed E-state index contributed by atoms with van der Waals surface area (Å²) in [4.78, 5) is 24.6. The molecule has 3 rings (SSSR count). The number of rotatable bonds is 5. The van der Waals surface area contributed by atoms with E-state index in [1.165, 1.54) is 10.4 Å². The van der Waals surface area contributed by atoms with Gasteiger partial charge in [-0.3, -0.25) is 9.59 Å². The molecule has 2 amide bonds. The lowest BCUT2D eigenvalue weighted by Gasteiger charge is -2.25. The number of hydrogen-bond acceptors (Lipinski definition) is 4. The van der Waals surface area contributed by atoms with Crippen LogP contribution in [-0.4, -0.2) is 43.7 Å². The number of amides is 2. The predicted molar refractivity (Wildman–Crippen MR) is 116 cm³/mol. The maximum Gasteiger partial charge on any atom is 0.313 e. The third-order valence-corrected chi connectivity index (χ3v) is 7.37. The first-order chi connectivity index (χ1) is 14.2. The fourth-order valence-electron chi connectivity index (χ4n) is 3.49. The lowest BCUT2D eigenvalue weighted by Crippen LogP contribution is -2.45. The summed E-state index contributed by atoms with van der Waals surface area (Å²) < 4.78 is 27.8. The van der Waals surface area contributed by atoms with Gasteiger partial charge in [0.15, 0.2) is 0 Å². The lowest BCUT2D eigenvalue weighted by molar-refractivity contribution is -0.136. The summed E-state index contributed by atoms with van der Waals surface area (Å²) in [5.41, 5.74) is 1.94. The smallest absolute Gasteiger partial charge is 0.313 e. The molecule has 0 saturated carbocycles. The first-order valence-corrected chi connectivity index (χ1v) is 11.4. The van der Waals surface area contributed by atoms with Crippen LogP contribution in [0.5, 0.6) is 0 Å². The van der Waals surface area contributed by atoms with Gasteiger partial charge in [-0.25, -0.2) is 8.42 Å². The number of sulfonamides is 1. The van der Waals surface area contributed by atoms with E-state index >= 15 is 0 Å². The minimum atomic E-state index is -3.70. The van der Waals surface area contributed by atoms with Gasteiger partial charge < -0.3 is 10.6 Å². The van der Waals surface area contributed by atoms with Crippen molar-refractivity contribution < 1.29 is 18.0 Å². The number of hydrogen-bond donors (Lipinski definition) is 2. The van der Waals surface area contributed by atoms with Gasteiger partial charge in [0.1, 0.15) is 0 Å². The molecular formula is C21H24ClN3O4S. The van der Waals surface area contributed by atoms with Crippen LogP contribution in [0.1, 0.15) is 24.0 Å². The molecule has 1 unspecified atom stereocenters. The highest BCUT2D eigenvalue weighted by Gasteiger charge is 2.36. The van der Waals surface area contributed by atoms with Crippen molar-refractivity contribution in [1.82, 2.24) is 9.62 Å². The van der Waals surface area contributed by atoms with Crippen molar-refractivity contribution in [3.63, 3.8) is 0 Å². The van der Waals surface area contributed by atoms with Gasteiger partial charge in [-0.05, 0) is 62.1 Å². The van der Waals surface area contributed by atoms with Crippen LogP contribution in [0.15, 0.2) is 47.4 Å². The molecule has 0 radical (unpaired) electrons. The van der Waals surface area contributed by atoms with Crippen LogP contribution in [0.25, 0.3) is 0 Å². The molecular weight excluding hydrogens is 426 g/mol. The quantitative estimate of drug-likeness (QED) is 0.686. The van der Waals surface area contributed by atoms with Gasteiger partial charge in [-0.2, -0.15) is 4.31 Å². The number of carbonyl (C=O) groups is 2. The second kappa shape index (κ2) is 9.16. The molecule has 1 fully saturated rings. The minimum absolute atomic E-state index is 0.0614. The van der Waals surface area contributed by atoms with E-state index in [9.17, 15) is 18.0 Å². The molecule has 7 nitrogen and oxygen atoms in total. The third-order valence-electron chi connectivity index (χ3n) is 5.04. The van der Waals surface area contributed by atoms with Gasteiger partial charge in [0, 0.05) is 29.8 Å². The van der Waals surface area contributed by atoms with Crippen LogP contribution < -0.4 is 10.6 Å². The van der Waals surface area contributed by atoms with Gasteiger partial charge >= 0.3 is 11.8 Å². The Morgan fingerprint density at radius 2 is 1.90 bits per heavy atom. The van der Waals surface area contributed by atoms with Crippen molar-refractivity contribution in [2.45, 2.75) is 37.6 Å². The van der Waals surface area contributed by atoms with E-state index in [4.69, 9.17) is 11.6 Å². The summed E-state index contributed by atoms with van der Waals surface area (Å²) >= 11 is 5.87. The van der Waals surface area contributed by atoms with E-state index in [0.29, 0.717) is 35.7 Å². The van der Waals surface area contributed by atoms with Crippen LogP contribution in [0.3, 0.4) is 0 Å². The topological polar surface area (TPSA) is 95.6 Å². The second-order valence-electron chi connectivity index (χ2n) is 7.36. The maximum absolute atomic E-state index is 13.2. The second-order valence-corrected chi connectivity index (χ2v) is 9.65. The largest absolute Gasteiger partial charge is 0.346 e. The Labute approximate surface area is 181 Å². The number of carbonyl (C=O) groups excluding carboxylic acids is 2. The summed E-state index contributed by atoms with van der Waals surface area (Å²) in [5.74, 6) is -1.66. The van der Waals surface area contributed by atoms with Crippen molar-refractivity contribution in [3.8, 4) is 0 Å². The Morgan fingerprint density at radius 3 is 2.63 bits per heavy atom. The highest BCUT2D eigenvalue weighted by atomic mass is 35.5. The van der Waals surface area contributed by atoms with Crippen molar-refractivity contribution in [1.29, 1.82) is 0 Å². The molecule has 1 heterocycles. The molecule has 0 spiro atoms. The molecule has 0 aliphatic carbocycles. The highest BCUT2D eigenvalue weighted by molar-refractivity contribution is 7.89. The standard InChI is InChI=1S/C21H24ClN3O4S/c1-14-8-9-15(2)19(11-14)30(28,29)25-10-4-7-18(25)13-23-20(26)21(27)24-17-6-3-5-16(22)12-17/h3,5-6,8-9,11-12,18H,4,7,10,13H2,1-2H3,(H,23,26)(H,24,27). The zero-order valence-electron chi connectivity index (χ0n) is 16.8. The maximum atomic E-state index is 13.2.